The van der Waals surface area contributed by atoms with Crippen LogP contribution in [0, 0.1) is 12.3 Å². The molecule has 0 unspecified atom stereocenters. The van der Waals surface area contributed by atoms with Crippen molar-refractivity contribution in [2.45, 2.75) is 0 Å². The Hall–Kier alpha value is -0.625. The van der Waals surface area contributed by atoms with Crippen molar-refractivity contribution in [3.8, 4) is 12.3 Å². The van der Waals surface area contributed by atoms with Crippen LogP contribution in [0.3, 0.4) is 0 Å². The van der Waals surface area contributed by atoms with Gasteiger partial charge < -0.3 is 9.19 Å². The SMILES string of the molecule is C#CC[N+](C)(C)CB(F)F.[F-]. The van der Waals surface area contributed by atoms with E-state index in [2.05, 4.69) is 5.92 Å². The van der Waals surface area contributed by atoms with Crippen molar-refractivity contribution in [2.24, 2.45) is 0 Å². The maximum absolute atomic E-state index is 11.8. The van der Waals surface area contributed by atoms with Crippen molar-refractivity contribution in [2.75, 3.05) is 27.1 Å². The molecule has 0 saturated heterocycles. The minimum absolute atomic E-state index is 0. The number of quaternary nitrogens is 1. The van der Waals surface area contributed by atoms with Gasteiger partial charge in [0.05, 0.1) is 14.1 Å². The Morgan fingerprint density at radius 3 is 2.18 bits per heavy atom. The fraction of sp³-hybridized carbons (Fsp3) is 0.667. The maximum Gasteiger partial charge on any atom is 0.592 e. The second-order valence-corrected chi connectivity index (χ2v) is 2.87. The van der Waals surface area contributed by atoms with Gasteiger partial charge in [0.15, 0.2) is 0 Å². The van der Waals surface area contributed by atoms with Crippen molar-refractivity contribution in [1.82, 2.24) is 0 Å². The van der Waals surface area contributed by atoms with E-state index < -0.39 is 7.27 Å². The van der Waals surface area contributed by atoms with E-state index in [1.165, 1.54) is 0 Å². The van der Waals surface area contributed by atoms with E-state index in [4.69, 9.17) is 6.42 Å². The van der Waals surface area contributed by atoms with Gasteiger partial charge in [-0.1, -0.05) is 0 Å². The Kier molecular flexibility index (Phi) is 6.01. The van der Waals surface area contributed by atoms with Crippen LogP contribution in [-0.4, -0.2) is 38.8 Å². The van der Waals surface area contributed by atoms with Crippen LogP contribution in [-0.2, 0) is 0 Å². The molecule has 0 atom stereocenters. The summed E-state index contributed by atoms with van der Waals surface area (Å²) in [5, 5.41) is 0. The molecule has 0 bridgehead atoms. The summed E-state index contributed by atoms with van der Waals surface area (Å²) >= 11 is 0. The summed E-state index contributed by atoms with van der Waals surface area (Å²) in [6.45, 7) is 0.352. The molecule has 11 heavy (non-hydrogen) atoms. The summed E-state index contributed by atoms with van der Waals surface area (Å²) in [7, 11) is 1.10. The molecular weight excluding hydrogens is 154 g/mol. The lowest BCUT2D eigenvalue weighted by molar-refractivity contribution is -0.873. The topological polar surface area (TPSA) is 0 Å². The lowest BCUT2D eigenvalue weighted by Gasteiger charge is -2.25. The van der Waals surface area contributed by atoms with Crippen LogP contribution in [0.5, 0.6) is 0 Å². The number of halogens is 3. The van der Waals surface area contributed by atoms with Crippen LogP contribution in [0.2, 0.25) is 0 Å². The highest BCUT2D eigenvalue weighted by Gasteiger charge is 2.25. The zero-order valence-electron chi connectivity index (χ0n) is 6.65. The molecule has 0 heterocycles. The van der Waals surface area contributed by atoms with E-state index in [1.54, 1.807) is 14.1 Å². The predicted molar refractivity (Wildman–Crippen MR) is 38.6 cm³/mol. The molecule has 0 rings (SSSR count). The van der Waals surface area contributed by atoms with Gasteiger partial charge in [-0.2, -0.15) is 0 Å². The number of rotatable bonds is 3. The van der Waals surface area contributed by atoms with Gasteiger partial charge in [0, 0.05) is 0 Å². The van der Waals surface area contributed by atoms with Crippen LogP contribution >= 0.6 is 0 Å². The summed E-state index contributed by atoms with van der Waals surface area (Å²) in [6, 6.07) is 0. The maximum atomic E-state index is 11.8. The fourth-order valence-electron chi connectivity index (χ4n) is 0.685. The molecule has 1 nitrogen and oxygen atoms in total. The van der Waals surface area contributed by atoms with E-state index in [0.717, 1.165) is 0 Å². The Balaban J connectivity index is 0. The molecule has 0 aliphatic carbocycles. The summed E-state index contributed by atoms with van der Waals surface area (Å²) in [6.07, 6.45) is 4.80. The molecule has 0 spiro atoms. The number of hydrogen-bond acceptors (Lipinski definition) is 0. The van der Waals surface area contributed by atoms with E-state index in [0.29, 0.717) is 6.54 Å². The first-order valence-corrected chi connectivity index (χ1v) is 3.01. The minimum Gasteiger partial charge on any atom is -1.00 e. The fourth-order valence-corrected chi connectivity index (χ4v) is 0.685. The molecule has 0 saturated carbocycles. The largest absolute Gasteiger partial charge is 1.00 e. The third kappa shape index (κ3) is 7.27. The minimum atomic E-state index is -2.27. The molecule has 64 valence electrons. The average molecular weight is 165 g/mol. The van der Waals surface area contributed by atoms with Gasteiger partial charge in [-0.05, 0) is 5.92 Å². The van der Waals surface area contributed by atoms with Gasteiger partial charge in [0.1, 0.15) is 13.0 Å². The average Bonchev–Trinajstić information content (AvgIpc) is 1.59. The normalized spacial score (nSPS) is 9.73. The zero-order chi connectivity index (χ0) is 8.20. The standard InChI is InChI=1S/C6H11BF2N.FH/c1-4-5-10(2,3)6-7(8)9;/h1H,5-6H2,2-3H3;1H/q+1;/p-1. The zero-order valence-corrected chi connectivity index (χ0v) is 6.65. The third-order valence-electron chi connectivity index (χ3n) is 1.15. The van der Waals surface area contributed by atoms with Gasteiger partial charge in [-0.25, -0.2) is 0 Å². The lowest BCUT2D eigenvalue weighted by atomic mass is 9.97. The van der Waals surface area contributed by atoms with Gasteiger partial charge in [-0.15, -0.1) is 6.42 Å². The van der Waals surface area contributed by atoms with Crippen LogP contribution < -0.4 is 4.70 Å². The van der Waals surface area contributed by atoms with E-state index in [9.17, 15) is 8.63 Å². The molecular formula is C6H11BF3N. The number of hydrogen-bond donors (Lipinski definition) is 0. The first-order chi connectivity index (χ1) is 4.48. The molecule has 0 radical (unpaired) electrons. The van der Waals surface area contributed by atoms with Gasteiger partial charge in [-0.3, -0.25) is 8.63 Å². The molecule has 0 aliphatic rings. The smallest absolute Gasteiger partial charge is 0.592 e. The molecule has 0 amide bonds. The third-order valence-corrected chi connectivity index (χ3v) is 1.15. The molecule has 0 aromatic carbocycles. The monoisotopic (exact) mass is 165 g/mol. The van der Waals surface area contributed by atoms with Crippen molar-refractivity contribution >= 4 is 7.27 Å². The summed E-state index contributed by atoms with van der Waals surface area (Å²) < 4.78 is 23.7. The van der Waals surface area contributed by atoms with E-state index in [-0.39, 0.29) is 15.6 Å². The van der Waals surface area contributed by atoms with Crippen molar-refractivity contribution in [1.29, 1.82) is 0 Å². The van der Waals surface area contributed by atoms with Crippen LogP contribution in [0.4, 0.5) is 8.63 Å². The summed E-state index contributed by atoms with van der Waals surface area (Å²) in [5.41, 5.74) is 0. The second-order valence-electron chi connectivity index (χ2n) is 2.87. The lowest BCUT2D eigenvalue weighted by Crippen LogP contribution is -3.00. The van der Waals surface area contributed by atoms with E-state index in [1.807, 2.05) is 0 Å². The molecule has 5 heteroatoms. The molecule has 0 fully saturated rings. The Morgan fingerprint density at radius 2 is 1.91 bits per heavy atom. The number of nitrogens with zero attached hydrogens (tertiary/aromatic N) is 1. The Labute approximate surface area is 65.5 Å². The van der Waals surface area contributed by atoms with Gasteiger partial charge >= 0.3 is 7.27 Å². The Bertz CT molecular complexity index is 141. The highest BCUT2D eigenvalue weighted by atomic mass is 19.2. The predicted octanol–water partition coefficient (Wildman–Crippen LogP) is -2.33. The van der Waals surface area contributed by atoms with Gasteiger partial charge in [0.2, 0.25) is 0 Å². The molecule has 0 aliphatic heterocycles. The van der Waals surface area contributed by atoms with Crippen LogP contribution in [0.25, 0.3) is 0 Å². The quantitative estimate of drug-likeness (QED) is 0.250. The second kappa shape index (κ2) is 5.08. The molecule has 0 aromatic rings. The van der Waals surface area contributed by atoms with E-state index >= 15 is 0 Å². The first kappa shape index (κ1) is 13.0. The van der Waals surface area contributed by atoms with Crippen LogP contribution in [0.15, 0.2) is 0 Å². The molecule has 0 aromatic heterocycles. The number of terminal acetylenes is 1. The van der Waals surface area contributed by atoms with Crippen molar-refractivity contribution in [3.05, 3.63) is 0 Å². The molecule has 0 N–H and O–H groups in total. The van der Waals surface area contributed by atoms with Gasteiger partial charge in [0.25, 0.3) is 0 Å². The first-order valence-electron chi connectivity index (χ1n) is 3.01. The van der Waals surface area contributed by atoms with Crippen molar-refractivity contribution in [3.63, 3.8) is 0 Å². The Morgan fingerprint density at radius 1 is 1.45 bits per heavy atom. The highest BCUT2D eigenvalue weighted by Crippen LogP contribution is 1.99. The van der Waals surface area contributed by atoms with Crippen molar-refractivity contribution < 1.29 is 17.8 Å². The highest BCUT2D eigenvalue weighted by molar-refractivity contribution is 6.42. The summed E-state index contributed by atoms with van der Waals surface area (Å²) in [5.74, 6) is 2.35. The van der Waals surface area contributed by atoms with Crippen LogP contribution in [0.1, 0.15) is 0 Å². The summed E-state index contributed by atoms with van der Waals surface area (Å²) in [4.78, 5) is 0.